The zero-order valence-electron chi connectivity index (χ0n) is 14.6. The van der Waals surface area contributed by atoms with Crippen LogP contribution in [0.4, 0.5) is 0 Å². The fourth-order valence-electron chi connectivity index (χ4n) is 3.58. The molecular formula is C21H21N3O2. The lowest BCUT2D eigenvalue weighted by molar-refractivity contribution is 0.0235. The minimum Gasteiger partial charge on any atom is -0.393 e. The van der Waals surface area contributed by atoms with Gasteiger partial charge in [-0.1, -0.05) is 18.2 Å². The number of amides is 1. The fourth-order valence-corrected chi connectivity index (χ4v) is 3.58. The van der Waals surface area contributed by atoms with E-state index in [4.69, 9.17) is 0 Å². The molecule has 2 N–H and O–H groups in total. The second kappa shape index (κ2) is 6.84. The average molecular weight is 347 g/mol. The number of rotatable bonds is 4. The van der Waals surface area contributed by atoms with Crippen molar-refractivity contribution >= 4 is 16.8 Å². The molecule has 1 aliphatic rings. The maximum atomic E-state index is 12.8. The molecule has 0 unspecified atom stereocenters. The number of aliphatic hydroxyl groups is 1. The van der Waals surface area contributed by atoms with Crippen LogP contribution in [0.25, 0.3) is 10.9 Å². The van der Waals surface area contributed by atoms with Gasteiger partial charge in [0.2, 0.25) is 0 Å². The highest BCUT2D eigenvalue weighted by Crippen LogP contribution is 2.38. The third-order valence-corrected chi connectivity index (χ3v) is 5.13. The van der Waals surface area contributed by atoms with Crippen molar-refractivity contribution in [2.75, 3.05) is 0 Å². The number of hydrogen-bond donors (Lipinski definition) is 2. The maximum Gasteiger partial charge on any atom is 0.253 e. The Morgan fingerprint density at radius 1 is 1.19 bits per heavy atom. The van der Waals surface area contributed by atoms with Crippen LogP contribution >= 0.6 is 0 Å². The Bertz CT molecular complexity index is 951. The van der Waals surface area contributed by atoms with E-state index in [0.717, 1.165) is 16.5 Å². The number of fused-ring (bicyclic) bond motifs is 1. The second-order valence-electron chi connectivity index (χ2n) is 6.93. The topological polar surface area (TPSA) is 75.1 Å². The van der Waals surface area contributed by atoms with Crippen LogP contribution in [-0.2, 0) is 0 Å². The fraction of sp³-hybridized carbons (Fsp3) is 0.286. The van der Waals surface area contributed by atoms with Crippen LogP contribution in [0.15, 0.2) is 54.9 Å². The smallest absolute Gasteiger partial charge is 0.253 e. The third-order valence-electron chi connectivity index (χ3n) is 5.13. The normalized spacial score (nSPS) is 20.4. The van der Waals surface area contributed by atoms with Crippen LogP contribution in [0.2, 0.25) is 0 Å². The molecule has 1 aromatic carbocycles. The van der Waals surface area contributed by atoms with Crippen LogP contribution < -0.4 is 5.32 Å². The van der Waals surface area contributed by atoms with Crippen LogP contribution in [0.1, 0.15) is 40.5 Å². The first-order valence-corrected chi connectivity index (χ1v) is 8.87. The van der Waals surface area contributed by atoms with Crippen molar-refractivity contribution in [3.63, 3.8) is 0 Å². The van der Waals surface area contributed by atoms with E-state index < -0.39 is 0 Å². The van der Waals surface area contributed by atoms with Crippen LogP contribution in [0, 0.1) is 12.8 Å². The van der Waals surface area contributed by atoms with E-state index in [2.05, 4.69) is 21.4 Å². The first kappa shape index (κ1) is 16.7. The molecule has 5 heteroatoms. The molecule has 0 spiro atoms. The van der Waals surface area contributed by atoms with Gasteiger partial charge in [-0.3, -0.25) is 14.8 Å². The SMILES string of the molecule is Cc1ncccc1C(=O)N[C@@H](c1cnc2ccccc2c1)C1CC(O)C1. The van der Waals surface area contributed by atoms with Gasteiger partial charge in [0.05, 0.1) is 23.2 Å². The molecule has 2 heterocycles. The molecule has 1 saturated carbocycles. The minimum atomic E-state index is -0.284. The van der Waals surface area contributed by atoms with Gasteiger partial charge < -0.3 is 10.4 Å². The first-order chi connectivity index (χ1) is 12.6. The van der Waals surface area contributed by atoms with Gasteiger partial charge in [0.1, 0.15) is 0 Å². The van der Waals surface area contributed by atoms with E-state index >= 15 is 0 Å². The van der Waals surface area contributed by atoms with Gasteiger partial charge in [0, 0.05) is 23.5 Å². The van der Waals surface area contributed by atoms with Crippen LogP contribution in [0.3, 0.4) is 0 Å². The Morgan fingerprint density at radius 3 is 2.77 bits per heavy atom. The molecule has 1 fully saturated rings. The number of carbonyl (C=O) groups excluding carboxylic acids is 1. The number of hydrogen-bond acceptors (Lipinski definition) is 4. The molecule has 4 rings (SSSR count). The van der Waals surface area contributed by atoms with Gasteiger partial charge in [-0.25, -0.2) is 0 Å². The van der Waals surface area contributed by atoms with Crippen molar-refractivity contribution in [2.24, 2.45) is 5.92 Å². The largest absolute Gasteiger partial charge is 0.393 e. The zero-order chi connectivity index (χ0) is 18.1. The highest BCUT2D eigenvalue weighted by atomic mass is 16.3. The van der Waals surface area contributed by atoms with E-state index in [1.54, 1.807) is 18.3 Å². The molecule has 26 heavy (non-hydrogen) atoms. The molecule has 0 aliphatic heterocycles. The Kier molecular flexibility index (Phi) is 4.39. The number of pyridine rings is 2. The molecule has 1 aliphatic carbocycles. The summed E-state index contributed by atoms with van der Waals surface area (Å²) in [5.41, 5.74) is 3.17. The number of para-hydroxylation sites is 1. The maximum absolute atomic E-state index is 12.8. The summed E-state index contributed by atoms with van der Waals surface area (Å²) in [4.78, 5) is 21.5. The van der Waals surface area contributed by atoms with E-state index in [1.807, 2.05) is 37.4 Å². The van der Waals surface area contributed by atoms with E-state index in [0.29, 0.717) is 24.1 Å². The van der Waals surface area contributed by atoms with Gasteiger partial charge in [-0.05, 0) is 55.5 Å². The lowest BCUT2D eigenvalue weighted by Crippen LogP contribution is -2.41. The molecule has 5 nitrogen and oxygen atoms in total. The lowest BCUT2D eigenvalue weighted by atomic mass is 9.75. The van der Waals surface area contributed by atoms with Crippen LogP contribution in [-0.4, -0.2) is 27.1 Å². The van der Waals surface area contributed by atoms with E-state index in [9.17, 15) is 9.90 Å². The molecule has 1 atom stereocenters. The summed E-state index contributed by atoms with van der Waals surface area (Å²) in [6.45, 7) is 1.83. The summed E-state index contributed by atoms with van der Waals surface area (Å²) < 4.78 is 0. The standard InChI is InChI=1S/C21H21N3O2/c1-13-18(6-4-8-22-13)21(26)24-20(15-10-17(25)11-15)16-9-14-5-2-3-7-19(14)23-12-16/h2-9,12,15,17,20,25H,10-11H2,1H3,(H,24,26)/t15?,17?,20-/m1/s1. The molecular weight excluding hydrogens is 326 g/mol. The summed E-state index contributed by atoms with van der Waals surface area (Å²) in [6, 6.07) is 13.4. The average Bonchev–Trinajstić information content (AvgIpc) is 2.63. The molecule has 1 amide bonds. The predicted molar refractivity (Wildman–Crippen MR) is 99.7 cm³/mol. The Morgan fingerprint density at radius 2 is 2.00 bits per heavy atom. The zero-order valence-corrected chi connectivity index (χ0v) is 14.6. The summed E-state index contributed by atoms with van der Waals surface area (Å²) in [5, 5.41) is 13.9. The second-order valence-corrected chi connectivity index (χ2v) is 6.93. The van der Waals surface area contributed by atoms with Crippen molar-refractivity contribution in [1.82, 2.24) is 15.3 Å². The molecule has 0 bridgehead atoms. The molecule has 0 radical (unpaired) electrons. The number of aliphatic hydroxyl groups excluding tert-OH is 1. The highest BCUT2D eigenvalue weighted by molar-refractivity contribution is 5.95. The number of benzene rings is 1. The van der Waals surface area contributed by atoms with Gasteiger partial charge in [0.15, 0.2) is 0 Å². The Hall–Kier alpha value is -2.79. The number of aryl methyl sites for hydroxylation is 1. The predicted octanol–water partition coefficient (Wildman–Crippen LogP) is 3.18. The number of nitrogens with zero attached hydrogens (tertiary/aromatic N) is 2. The highest BCUT2D eigenvalue weighted by Gasteiger charge is 2.36. The monoisotopic (exact) mass is 347 g/mol. The Balaban J connectivity index is 1.65. The van der Waals surface area contributed by atoms with Crippen LogP contribution in [0.5, 0.6) is 0 Å². The van der Waals surface area contributed by atoms with Crippen molar-refractivity contribution in [2.45, 2.75) is 31.9 Å². The third kappa shape index (κ3) is 3.18. The number of aromatic nitrogens is 2. The molecule has 3 aromatic rings. The van der Waals surface area contributed by atoms with Crippen molar-refractivity contribution in [3.05, 3.63) is 71.7 Å². The first-order valence-electron chi connectivity index (χ1n) is 8.87. The molecule has 132 valence electrons. The van der Waals surface area contributed by atoms with Gasteiger partial charge in [0.25, 0.3) is 5.91 Å². The number of carbonyl (C=O) groups is 1. The van der Waals surface area contributed by atoms with E-state index in [1.165, 1.54) is 0 Å². The Labute approximate surface area is 152 Å². The minimum absolute atomic E-state index is 0.143. The van der Waals surface area contributed by atoms with Crippen molar-refractivity contribution < 1.29 is 9.90 Å². The van der Waals surface area contributed by atoms with Gasteiger partial charge >= 0.3 is 0 Å². The summed E-state index contributed by atoms with van der Waals surface area (Å²) in [6.07, 6.45) is 4.59. The molecule has 2 aromatic heterocycles. The summed E-state index contributed by atoms with van der Waals surface area (Å²) in [5.74, 6) is 0.0593. The lowest BCUT2D eigenvalue weighted by Gasteiger charge is -2.38. The summed E-state index contributed by atoms with van der Waals surface area (Å²) >= 11 is 0. The van der Waals surface area contributed by atoms with Gasteiger partial charge in [-0.2, -0.15) is 0 Å². The van der Waals surface area contributed by atoms with Crippen molar-refractivity contribution in [3.8, 4) is 0 Å². The summed E-state index contributed by atoms with van der Waals surface area (Å²) in [7, 11) is 0. The van der Waals surface area contributed by atoms with Crippen molar-refractivity contribution in [1.29, 1.82) is 0 Å². The number of nitrogens with one attached hydrogen (secondary N) is 1. The quantitative estimate of drug-likeness (QED) is 0.760. The van der Waals surface area contributed by atoms with E-state index in [-0.39, 0.29) is 24.0 Å². The molecule has 0 saturated heterocycles. The van der Waals surface area contributed by atoms with Gasteiger partial charge in [-0.15, -0.1) is 0 Å².